The van der Waals surface area contributed by atoms with E-state index in [2.05, 4.69) is 117 Å². The van der Waals surface area contributed by atoms with Crippen LogP contribution in [-0.4, -0.2) is 11.4 Å². The second kappa shape index (κ2) is 15.1. The van der Waals surface area contributed by atoms with E-state index in [-0.39, 0.29) is 0 Å². The van der Waals surface area contributed by atoms with Gasteiger partial charge in [-0.05, 0) is 94.9 Å². The van der Waals surface area contributed by atoms with E-state index in [1.54, 1.807) is 0 Å². The minimum atomic E-state index is 0.400. The number of aliphatic imine (C=N–C) groups is 1. The normalized spacial score (nSPS) is 11.8. The molecule has 0 aliphatic heterocycles. The third-order valence-electron chi connectivity index (χ3n) is 7.71. The Kier molecular flexibility index (Phi) is 12.6. The molecule has 2 nitrogen and oxygen atoms in total. The summed E-state index contributed by atoms with van der Waals surface area (Å²) in [5.41, 5.74) is 13.1. The molecule has 0 atom stereocenters. The Hall–Kier alpha value is -3.00. The van der Waals surface area contributed by atoms with Crippen LogP contribution in [0.4, 0.5) is 5.69 Å². The SMILES string of the molecule is CC.CC(=N)c1cccc(C(C)=Nc2c(C(C)C)cccc2C(C)C)c1CCc1c(C(C)C)cccc1C(C)C. The van der Waals surface area contributed by atoms with E-state index in [0.29, 0.717) is 29.4 Å². The van der Waals surface area contributed by atoms with Crippen LogP contribution in [0.25, 0.3) is 0 Å². The molecular formula is C38H54N2. The van der Waals surface area contributed by atoms with E-state index in [1.807, 2.05) is 20.8 Å². The lowest BCUT2D eigenvalue weighted by atomic mass is 9.84. The first-order chi connectivity index (χ1) is 18.9. The van der Waals surface area contributed by atoms with Gasteiger partial charge in [0, 0.05) is 11.4 Å². The number of hydrogen-bond donors (Lipinski definition) is 1. The molecule has 40 heavy (non-hydrogen) atoms. The summed E-state index contributed by atoms with van der Waals surface area (Å²) in [6, 6.07) is 19.8. The number of rotatable bonds is 10. The molecule has 0 amide bonds. The zero-order valence-corrected chi connectivity index (χ0v) is 27.4. The van der Waals surface area contributed by atoms with Crippen molar-refractivity contribution in [1.82, 2.24) is 0 Å². The van der Waals surface area contributed by atoms with Crippen molar-refractivity contribution in [1.29, 1.82) is 5.41 Å². The number of hydrogen-bond acceptors (Lipinski definition) is 2. The molecule has 2 heteroatoms. The first-order valence-electron chi connectivity index (χ1n) is 15.4. The number of benzene rings is 3. The highest BCUT2D eigenvalue weighted by molar-refractivity contribution is 6.06. The molecule has 0 unspecified atom stereocenters. The fourth-order valence-electron chi connectivity index (χ4n) is 5.66. The monoisotopic (exact) mass is 538 g/mol. The van der Waals surface area contributed by atoms with Crippen molar-refractivity contribution in [3.8, 4) is 0 Å². The fourth-order valence-corrected chi connectivity index (χ4v) is 5.66. The van der Waals surface area contributed by atoms with Gasteiger partial charge < -0.3 is 5.41 Å². The van der Waals surface area contributed by atoms with Gasteiger partial charge in [0.05, 0.1) is 5.69 Å². The average Bonchev–Trinajstić information content (AvgIpc) is 2.92. The van der Waals surface area contributed by atoms with E-state index in [1.165, 1.54) is 33.4 Å². The Bertz CT molecular complexity index is 1250. The predicted molar refractivity (Wildman–Crippen MR) is 179 cm³/mol. The van der Waals surface area contributed by atoms with Crippen molar-refractivity contribution in [3.05, 3.63) is 99.1 Å². The summed E-state index contributed by atoms with van der Waals surface area (Å²) in [5.74, 6) is 1.76. The first kappa shape index (κ1) is 33.2. The van der Waals surface area contributed by atoms with Gasteiger partial charge >= 0.3 is 0 Å². The Morgan fingerprint density at radius 1 is 0.575 bits per heavy atom. The smallest absolute Gasteiger partial charge is 0.0702 e. The number of nitrogens with one attached hydrogen (secondary N) is 1. The topological polar surface area (TPSA) is 36.2 Å². The highest BCUT2D eigenvalue weighted by Gasteiger charge is 2.19. The van der Waals surface area contributed by atoms with Crippen LogP contribution in [0.1, 0.15) is 151 Å². The average molecular weight is 539 g/mol. The molecule has 0 aliphatic rings. The molecule has 3 aromatic carbocycles. The third-order valence-corrected chi connectivity index (χ3v) is 7.71. The summed E-state index contributed by atoms with van der Waals surface area (Å²) < 4.78 is 0. The van der Waals surface area contributed by atoms with Gasteiger partial charge in [-0.15, -0.1) is 0 Å². The van der Waals surface area contributed by atoms with E-state index in [9.17, 15) is 0 Å². The molecule has 216 valence electrons. The quantitative estimate of drug-likeness (QED) is 0.249. The second-order valence-corrected chi connectivity index (χ2v) is 12.0. The van der Waals surface area contributed by atoms with E-state index < -0.39 is 0 Å². The van der Waals surface area contributed by atoms with Gasteiger partial charge in [0.2, 0.25) is 0 Å². The maximum absolute atomic E-state index is 8.58. The minimum Gasteiger partial charge on any atom is -0.305 e. The molecule has 0 spiro atoms. The van der Waals surface area contributed by atoms with Crippen molar-refractivity contribution in [2.75, 3.05) is 0 Å². The Balaban J connectivity index is 0.00000274. The van der Waals surface area contributed by atoms with Crippen molar-refractivity contribution >= 4 is 17.1 Å². The molecule has 0 radical (unpaired) electrons. The summed E-state index contributed by atoms with van der Waals surface area (Å²) in [5, 5.41) is 8.58. The van der Waals surface area contributed by atoms with Gasteiger partial charge in [0.15, 0.2) is 0 Å². The standard InChI is InChI=1S/C36H48N2.C2H6/c1-22(2)28-14-11-15-29(23(3)4)34(28)20-21-35-32(26(9)37)18-13-19-33(35)27(10)38-36-30(24(5)6)16-12-17-31(36)25(7)8;1-2/h11-19,22-25,37H,20-21H2,1-10H3;1-2H3. The van der Waals surface area contributed by atoms with Crippen molar-refractivity contribution < 1.29 is 0 Å². The van der Waals surface area contributed by atoms with Crippen molar-refractivity contribution in [2.24, 2.45) is 4.99 Å². The number of nitrogens with zero attached hydrogens (tertiary/aromatic N) is 1. The molecule has 3 aromatic rings. The summed E-state index contributed by atoms with van der Waals surface area (Å²) in [6.07, 6.45) is 1.85. The van der Waals surface area contributed by atoms with Crippen LogP contribution in [0.3, 0.4) is 0 Å². The summed E-state index contributed by atoms with van der Waals surface area (Å²) in [4.78, 5) is 5.33. The molecule has 0 fully saturated rings. The van der Waals surface area contributed by atoms with Gasteiger partial charge in [-0.25, -0.2) is 0 Å². The third kappa shape index (κ3) is 7.80. The van der Waals surface area contributed by atoms with Crippen LogP contribution in [0.15, 0.2) is 59.6 Å². The second-order valence-electron chi connectivity index (χ2n) is 12.0. The Morgan fingerprint density at radius 2 is 0.950 bits per heavy atom. The fraction of sp³-hybridized carbons (Fsp3) is 0.474. The maximum Gasteiger partial charge on any atom is 0.0702 e. The Morgan fingerprint density at radius 3 is 1.38 bits per heavy atom. The van der Waals surface area contributed by atoms with Crippen LogP contribution < -0.4 is 0 Å². The van der Waals surface area contributed by atoms with Crippen molar-refractivity contribution in [3.63, 3.8) is 0 Å². The Labute approximate surface area is 245 Å². The van der Waals surface area contributed by atoms with E-state index >= 15 is 0 Å². The molecule has 1 N–H and O–H groups in total. The highest BCUT2D eigenvalue weighted by atomic mass is 14.8. The molecule has 0 bridgehead atoms. The van der Waals surface area contributed by atoms with Crippen LogP contribution in [0.2, 0.25) is 0 Å². The first-order valence-corrected chi connectivity index (χ1v) is 15.4. The highest BCUT2D eigenvalue weighted by Crippen LogP contribution is 2.36. The van der Waals surface area contributed by atoms with Gasteiger partial charge in [-0.1, -0.05) is 124 Å². The molecule has 0 heterocycles. The predicted octanol–water partition coefficient (Wildman–Crippen LogP) is 11.5. The van der Waals surface area contributed by atoms with Gasteiger partial charge in [0.25, 0.3) is 0 Å². The molecule has 0 aliphatic carbocycles. The van der Waals surface area contributed by atoms with Crippen molar-refractivity contribution in [2.45, 2.75) is 120 Å². The minimum absolute atomic E-state index is 0.400. The maximum atomic E-state index is 8.58. The summed E-state index contributed by atoms with van der Waals surface area (Å²) >= 11 is 0. The summed E-state index contributed by atoms with van der Waals surface area (Å²) in [6.45, 7) is 26.2. The summed E-state index contributed by atoms with van der Waals surface area (Å²) in [7, 11) is 0. The van der Waals surface area contributed by atoms with E-state index in [4.69, 9.17) is 10.4 Å². The lowest BCUT2D eigenvalue weighted by Crippen LogP contribution is -2.11. The molecule has 0 saturated heterocycles. The molecule has 0 aromatic heterocycles. The zero-order chi connectivity index (χ0) is 30.1. The molecular weight excluding hydrogens is 484 g/mol. The van der Waals surface area contributed by atoms with Crippen LogP contribution in [-0.2, 0) is 12.8 Å². The molecule has 3 rings (SSSR count). The van der Waals surface area contributed by atoms with Gasteiger partial charge in [-0.3, -0.25) is 4.99 Å². The van der Waals surface area contributed by atoms with E-state index in [0.717, 1.165) is 35.4 Å². The van der Waals surface area contributed by atoms with Crippen LogP contribution in [0.5, 0.6) is 0 Å². The zero-order valence-electron chi connectivity index (χ0n) is 27.4. The lowest BCUT2D eigenvalue weighted by Gasteiger charge is -2.22. The van der Waals surface area contributed by atoms with Gasteiger partial charge in [-0.2, -0.15) is 0 Å². The largest absolute Gasteiger partial charge is 0.305 e. The van der Waals surface area contributed by atoms with Gasteiger partial charge in [0.1, 0.15) is 0 Å². The molecule has 0 saturated carbocycles. The van der Waals surface area contributed by atoms with Crippen LogP contribution >= 0.6 is 0 Å². The van der Waals surface area contributed by atoms with Crippen LogP contribution in [0, 0.1) is 5.41 Å². The number of para-hydroxylation sites is 1. The lowest BCUT2D eigenvalue weighted by molar-refractivity contribution is 0.784.